The highest BCUT2D eigenvalue weighted by Gasteiger charge is 2.11. The summed E-state index contributed by atoms with van der Waals surface area (Å²) in [6.45, 7) is 1.07. The molecule has 0 saturated carbocycles. The Labute approximate surface area is 113 Å². The maximum absolute atomic E-state index is 11.5. The summed E-state index contributed by atoms with van der Waals surface area (Å²) in [5.74, 6) is 2.89. The normalized spacial score (nSPS) is 10.8. The predicted octanol–water partition coefficient (Wildman–Crippen LogP) is 1.16. The molecule has 0 radical (unpaired) electrons. The number of benzene rings is 1. The Morgan fingerprint density at radius 2 is 2.11 bits per heavy atom. The van der Waals surface area contributed by atoms with Crippen molar-refractivity contribution in [3.63, 3.8) is 0 Å². The van der Waals surface area contributed by atoms with Crippen LogP contribution in [0.25, 0.3) is 0 Å². The Morgan fingerprint density at radius 1 is 1.37 bits per heavy atom. The van der Waals surface area contributed by atoms with Crippen molar-refractivity contribution in [3.8, 4) is 18.1 Å². The molecule has 5 nitrogen and oxygen atoms in total. The van der Waals surface area contributed by atoms with Crippen LogP contribution in [0.2, 0.25) is 0 Å². The third-order valence-corrected chi connectivity index (χ3v) is 3.42. The van der Waals surface area contributed by atoms with E-state index in [9.17, 15) is 8.42 Å². The first-order valence-corrected chi connectivity index (χ1v) is 7.51. The molecule has 0 fully saturated rings. The van der Waals surface area contributed by atoms with Gasteiger partial charge in [0.1, 0.15) is 12.4 Å². The Morgan fingerprint density at radius 3 is 2.68 bits per heavy atom. The van der Waals surface area contributed by atoms with Gasteiger partial charge in [-0.15, -0.1) is 6.42 Å². The number of methoxy groups -OCH3 is 1. The monoisotopic (exact) mass is 283 g/mol. The molecule has 19 heavy (non-hydrogen) atoms. The smallest absolute Gasteiger partial charge is 0.175 e. The fourth-order valence-electron chi connectivity index (χ4n) is 1.38. The highest BCUT2D eigenvalue weighted by molar-refractivity contribution is 7.90. The Balaban J connectivity index is 3.00. The molecule has 0 amide bonds. The van der Waals surface area contributed by atoms with E-state index in [-0.39, 0.29) is 4.90 Å². The van der Waals surface area contributed by atoms with Gasteiger partial charge in [0.2, 0.25) is 0 Å². The van der Waals surface area contributed by atoms with Crippen LogP contribution in [0.3, 0.4) is 0 Å². The summed E-state index contributed by atoms with van der Waals surface area (Å²) in [4.78, 5) is 0.200. The van der Waals surface area contributed by atoms with Crippen molar-refractivity contribution < 1.29 is 17.9 Å². The van der Waals surface area contributed by atoms with Gasteiger partial charge in [0, 0.05) is 19.4 Å². The molecule has 0 aliphatic carbocycles. The number of hydrogen-bond donors (Lipinski definition) is 1. The molecular formula is C13H17NO4S. The van der Waals surface area contributed by atoms with Crippen LogP contribution in [0.4, 0.5) is 5.69 Å². The summed E-state index contributed by atoms with van der Waals surface area (Å²) in [7, 11) is -1.71. The van der Waals surface area contributed by atoms with Crippen molar-refractivity contribution in [3.05, 3.63) is 18.2 Å². The van der Waals surface area contributed by atoms with Gasteiger partial charge in [-0.05, 0) is 12.1 Å². The van der Waals surface area contributed by atoms with Crippen molar-refractivity contribution >= 4 is 15.5 Å². The van der Waals surface area contributed by atoms with Crippen molar-refractivity contribution in [2.24, 2.45) is 0 Å². The number of nitrogens with one attached hydrogen (secondary N) is 1. The molecular weight excluding hydrogens is 266 g/mol. The second-order valence-corrected chi connectivity index (χ2v) is 5.84. The van der Waals surface area contributed by atoms with Gasteiger partial charge in [-0.1, -0.05) is 5.92 Å². The molecule has 0 aromatic heterocycles. The fourth-order valence-corrected chi connectivity index (χ4v) is 2.02. The van der Waals surface area contributed by atoms with Gasteiger partial charge < -0.3 is 14.8 Å². The lowest BCUT2D eigenvalue weighted by Gasteiger charge is -2.13. The quantitative estimate of drug-likeness (QED) is 0.601. The zero-order chi connectivity index (χ0) is 14.3. The Kier molecular flexibility index (Phi) is 5.67. The van der Waals surface area contributed by atoms with E-state index >= 15 is 0 Å². The minimum absolute atomic E-state index is 0.200. The van der Waals surface area contributed by atoms with Crippen LogP contribution in [-0.4, -0.2) is 41.5 Å². The molecule has 0 unspecified atom stereocenters. The molecule has 104 valence electrons. The van der Waals surface area contributed by atoms with E-state index in [1.165, 1.54) is 12.1 Å². The Bertz CT molecular complexity index is 560. The minimum Gasteiger partial charge on any atom is -0.489 e. The third-order valence-electron chi connectivity index (χ3n) is 2.31. The van der Waals surface area contributed by atoms with E-state index in [2.05, 4.69) is 11.2 Å². The number of hydrogen-bond acceptors (Lipinski definition) is 5. The number of terminal acetylenes is 1. The maximum atomic E-state index is 11.5. The standard InChI is InChI=1S/C13H17NO4S/c1-4-7-14-12-6-5-11(19(3,15)16)10-13(12)18-9-8-17-2/h1,5-6,10,14H,7-9H2,2-3H3. The SMILES string of the molecule is C#CCNc1ccc(S(C)(=O)=O)cc1OCCOC. The molecule has 1 rings (SSSR count). The van der Waals surface area contributed by atoms with Crippen LogP contribution in [0, 0.1) is 12.3 Å². The zero-order valence-corrected chi connectivity index (χ0v) is 11.8. The molecule has 0 aliphatic heterocycles. The van der Waals surface area contributed by atoms with Crippen molar-refractivity contribution in [2.45, 2.75) is 4.90 Å². The Hall–Kier alpha value is -1.71. The predicted molar refractivity (Wildman–Crippen MR) is 74.2 cm³/mol. The molecule has 0 heterocycles. The van der Waals surface area contributed by atoms with Gasteiger partial charge in [0.25, 0.3) is 0 Å². The average Bonchev–Trinajstić information content (AvgIpc) is 2.36. The van der Waals surface area contributed by atoms with Crippen molar-refractivity contribution in [1.82, 2.24) is 0 Å². The van der Waals surface area contributed by atoms with E-state index in [0.717, 1.165) is 6.26 Å². The van der Waals surface area contributed by atoms with E-state index in [1.807, 2.05) is 0 Å². The molecule has 0 saturated heterocycles. The summed E-state index contributed by atoms with van der Waals surface area (Å²) in [6.07, 6.45) is 6.33. The van der Waals surface area contributed by atoms with Crippen LogP contribution >= 0.6 is 0 Å². The lowest BCUT2D eigenvalue weighted by atomic mass is 10.3. The number of anilines is 1. The first-order valence-electron chi connectivity index (χ1n) is 5.62. The number of rotatable bonds is 7. The minimum atomic E-state index is -3.27. The van der Waals surface area contributed by atoms with E-state index < -0.39 is 9.84 Å². The molecule has 0 atom stereocenters. The molecule has 1 aromatic rings. The summed E-state index contributed by atoms with van der Waals surface area (Å²) in [5.41, 5.74) is 0.654. The molecule has 1 aromatic carbocycles. The van der Waals surface area contributed by atoms with Crippen molar-refractivity contribution in [2.75, 3.05) is 38.4 Å². The first-order chi connectivity index (χ1) is 8.99. The molecule has 1 N–H and O–H groups in total. The number of ether oxygens (including phenoxy) is 2. The summed E-state index contributed by atoms with van der Waals surface area (Å²) >= 11 is 0. The van der Waals surface area contributed by atoms with E-state index in [1.54, 1.807) is 13.2 Å². The number of sulfone groups is 1. The lowest BCUT2D eigenvalue weighted by Crippen LogP contribution is -2.08. The van der Waals surface area contributed by atoms with E-state index in [0.29, 0.717) is 31.2 Å². The lowest BCUT2D eigenvalue weighted by molar-refractivity contribution is 0.146. The summed E-state index contributed by atoms with van der Waals surface area (Å²) < 4.78 is 33.4. The van der Waals surface area contributed by atoms with Crippen LogP contribution in [0.5, 0.6) is 5.75 Å². The van der Waals surface area contributed by atoms with Gasteiger partial charge in [-0.25, -0.2) is 8.42 Å². The topological polar surface area (TPSA) is 64.6 Å². The van der Waals surface area contributed by atoms with E-state index in [4.69, 9.17) is 15.9 Å². The second-order valence-electron chi connectivity index (χ2n) is 3.83. The van der Waals surface area contributed by atoms with Crippen LogP contribution < -0.4 is 10.1 Å². The molecule has 6 heteroatoms. The fraction of sp³-hybridized carbons (Fsp3) is 0.385. The molecule has 0 aliphatic rings. The van der Waals surface area contributed by atoms with Crippen LogP contribution in [0.15, 0.2) is 23.1 Å². The highest BCUT2D eigenvalue weighted by atomic mass is 32.2. The second kappa shape index (κ2) is 7.02. The van der Waals surface area contributed by atoms with Gasteiger partial charge in [-0.3, -0.25) is 0 Å². The first kappa shape index (κ1) is 15.3. The summed E-state index contributed by atoms with van der Waals surface area (Å²) in [5, 5.41) is 2.97. The highest BCUT2D eigenvalue weighted by Crippen LogP contribution is 2.27. The van der Waals surface area contributed by atoms with Crippen molar-refractivity contribution in [1.29, 1.82) is 0 Å². The zero-order valence-electron chi connectivity index (χ0n) is 11.0. The third kappa shape index (κ3) is 4.81. The van der Waals surface area contributed by atoms with Gasteiger partial charge in [-0.2, -0.15) is 0 Å². The average molecular weight is 283 g/mol. The largest absolute Gasteiger partial charge is 0.489 e. The van der Waals surface area contributed by atoms with Crippen LogP contribution in [0.1, 0.15) is 0 Å². The maximum Gasteiger partial charge on any atom is 0.175 e. The molecule has 0 bridgehead atoms. The molecule has 0 spiro atoms. The van der Waals surface area contributed by atoms with Gasteiger partial charge in [0.05, 0.1) is 23.7 Å². The van der Waals surface area contributed by atoms with Crippen LogP contribution in [-0.2, 0) is 14.6 Å². The summed E-state index contributed by atoms with van der Waals surface area (Å²) in [6, 6.07) is 4.62. The van der Waals surface area contributed by atoms with Gasteiger partial charge in [0.15, 0.2) is 9.84 Å². The van der Waals surface area contributed by atoms with Gasteiger partial charge >= 0.3 is 0 Å².